The highest BCUT2D eigenvalue weighted by Gasteiger charge is 2.10. The molecule has 2 rings (SSSR count). The predicted octanol–water partition coefficient (Wildman–Crippen LogP) is 2.34. The van der Waals surface area contributed by atoms with Crippen molar-refractivity contribution < 1.29 is 9.50 Å². The largest absolute Gasteiger partial charge is 0.396 e. The second-order valence-electron chi connectivity index (χ2n) is 3.55. The van der Waals surface area contributed by atoms with Gasteiger partial charge in [-0.25, -0.2) is 4.39 Å². The van der Waals surface area contributed by atoms with Crippen molar-refractivity contribution in [2.24, 2.45) is 0 Å². The van der Waals surface area contributed by atoms with E-state index in [2.05, 4.69) is 0 Å². The molecule has 0 fully saturated rings. The van der Waals surface area contributed by atoms with Gasteiger partial charge in [-0.05, 0) is 25.0 Å². The summed E-state index contributed by atoms with van der Waals surface area (Å²) in [6.07, 6.45) is 2.50. The van der Waals surface area contributed by atoms with Crippen molar-refractivity contribution >= 4 is 10.9 Å². The molecule has 0 aliphatic carbocycles. The molecule has 80 valence electrons. The molecule has 0 bridgehead atoms. The lowest BCUT2D eigenvalue weighted by molar-refractivity contribution is 0.300. The van der Waals surface area contributed by atoms with Crippen molar-refractivity contribution in [2.45, 2.75) is 19.9 Å². The topological polar surface area (TPSA) is 25.2 Å². The third-order valence-corrected chi connectivity index (χ3v) is 2.65. The van der Waals surface area contributed by atoms with Gasteiger partial charge in [0.15, 0.2) is 0 Å². The molecule has 15 heavy (non-hydrogen) atoms. The molecular formula is C12H14FNO. The van der Waals surface area contributed by atoms with Gasteiger partial charge in [-0.3, -0.25) is 0 Å². The van der Waals surface area contributed by atoms with Crippen LogP contribution in [0.15, 0.2) is 24.4 Å². The lowest BCUT2D eigenvalue weighted by atomic mass is 10.1. The average Bonchev–Trinajstić information content (AvgIpc) is 2.59. The fourth-order valence-corrected chi connectivity index (χ4v) is 1.96. The first-order valence-electron chi connectivity index (χ1n) is 5.15. The second kappa shape index (κ2) is 4.03. The summed E-state index contributed by atoms with van der Waals surface area (Å²) in [5.74, 6) is -0.196. The molecule has 1 aromatic carbocycles. The maximum absolute atomic E-state index is 13.6. The van der Waals surface area contributed by atoms with Crippen LogP contribution in [0.25, 0.3) is 10.9 Å². The normalized spacial score (nSPS) is 11.1. The molecule has 2 nitrogen and oxygen atoms in total. The van der Waals surface area contributed by atoms with Gasteiger partial charge in [0.05, 0.1) is 5.52 Å². The number of aliphatic hydroxyl groups excluding tert-OH is 1. The summed E-state index contributed by atoms with van der Waals surface area (Å²) < 4.78 is 15.5. The number of halogens is 1. The summed E-state index contributed by atoms with van der Waals surface area (Å²) in [5.41, 5.74) is 1.65. The highest BCUT2D eigenvalue weighted by molar-refractivity contribution is 5.84. The number of para-hydroxylation sites is 1. The van der Waals surface area contributed by atoms with Crippen molar-refractivity contribution in [3.8, 4) is 0 Å². The highest BCUT2D eigenvalue weighted by Crippen LogP contribution is 2.24. The standard InChI is InChI=1S/C12H14FNO/c1-2-14-8-9(6-7-15)10-4-3-5-11(13)12(10)14/h3-5,8,15H,2,6-7H2,1H3. The Morgan fingerprint density at radius 3 is 2.87 bits per heavy atom. The van der Waals surface area contributed by atoms with Crippen LogP contribution in [0, 0.1) is 5.82 Å². The molecule has 0 aliphatic rings. The van der Waals surface area contributed by atoms with Gasteiger partial charge >= 0.3 is 0 Å². The van der Waals surface area contributed by atoms with Crippen LogP contribution in [0.5, 0.6) is 0 Å². The number of aryl methyl sites for hydroxylation is 1. The molecule has 0 atom stereocenters. The SMILES string of the molecule is CCn1cc(CCO)c2cccc(F)c21. The van der Waals surface area contributed by atoms with Crippen molar-refractivity contribution in [1.82, 2.24) is 4.57 Å². The van der Waals surface area contributed by atoms with E-state index in [9.17, 15) is 4.39 Å². The number of hydrogen-bond acceptors (Lipinski definition) is 1. The zero-order valence-electron chi connectivity index (χ0n) is 8.70. The lowest BCUT2D eigenvalue weighted by Crippen LogP contribution is -1.93. The Kier molecular flexibility index (Phi) is 2.73. The number of aromatic nitrogens is 1. The quantitative estimate of drug-likeness (QED) is 0.821. The van der Waals surface area contributed by atoms with E-state index in [1.54, 1.807) is 6.07 Å². The number of rotatable bonds is 3. The van der Waals surface area contributed by atoms with Crippen molar-refractivity contribution in [3.63, 3.8) is 0 Å². The van der Waals surface area contributed by atoms with E-state index in [0.717, 1.165) is 17.5 Å². The van der Waals surface area contributed by atoms with Crippen molar-refractivity contribution in [1.29, 1.82) is 0 Å². The maximum Gasteiger partial charge on any atom is 0.147 e. The first kappa shape index (κ1) is 10.2. The fourth-order valence-electron chi connectivity index (χ4n) is 1.96. The predicted molar refractivity (Wildman–Crippen MR) is 58.4 cm³/mol. The molecular weight excluding hydrogens is 193 g/mol. The molecule has 0 aliphatic heterocycles. The molecule has 1 heterocycles. The first-order chi connectivity index (χ1) is 7.27. The van der Waals surface area contributed by atoms with Gasteiger partial charge in [0, 0.05) is 24.7 Å². The van der Waals surface area contributed by atoms with Crippen LogP contribution in [0.3, 0.4) is 0 Å². The van der Waals surface area contributed by atoms with E-state index in [0.29, 0.717) is 11.9 Å². The Labute approximate surface area is 88.0 Å². The number of hydrogen-bond donors (Lipinski definition) is 1. The minimum absolute atomic E-state index is 0.0966. The molecule has 0 saturated carbocycles. The van der Waals surface area contributed by atoms with Crippen molar-refractivity contribution in [2.75, 3.05) is 6.61 Å². The van der Waals surface area contributed by atoms with Gasteiger partial charge in [0.1, 0.15) is 5.82 Å². The minimum atomic E-state index is -0.196. The molecule has 3 heteroatoms. The van der Waals surface area contributed by atoms with Crippen LogP contribution in [-0.4, -0.2) is 16.3 Å². The maximum atomic E-state index is 13.6. The van der Waals surface area contributed by atoms with Gasteiger partial charge in [-0.2, -0.15) is 0 Å². The summed E-state index contributed by atoms with van der Waals surface area (Å²) >= 11 is 0. The fraction of sp³-hybridized carbons (Fsp3) is 0.333. The van der Waals surface area contributed by atoms with Crippen LogP contribution in [0.4, 0.5) is 4.39 Å². The zero-order valence-corrected chi connectivity index (χ0v) is 8.70. The smallest absolute Gasteiger partial charge is 0.147 e. The minimum Gasteiger partial charge on any atom is -0.396 e. The number of nitrogens with zero attached hydrogens (tertiary/aromatic N) is 1. The summed E-state index contributed by atoms with van der Waals surface area (Å²) in [4.78, 5) is 0. The third-order valence-electron chi connectivity index (χ3n) is 2.65. The highest BCUT2D eigenvalue weighted by atomic mass is 19.1. The molecule has 0 saturated heterocycles. The van der Waals surface area contributed by atoms with Crippen LogP contribution in [0.2, 0.25) is 0 Å². The Bertz CT molecular complexity index is 476. The molecule has 0 spiro atoms. The van der Waals surface area contributed by atoms with E-state index in [4.69, 9.17) is 5.11 Å². The van der Waals surface area contributed by atoms with E-state index < -0.39 is 0 Å². The Morgan fingerprint density at radius 2 is 2.20 bits per heavy atom. The average molecular weight is 207 g/mol. The third kappa shape index (κ3) is 1.63. The van der Waals surface area contributed by atoms with Gasteiger partial charge in [0.2, 0.25) is 0 Å². The molecule has 2 aromatic rings. The lowest BCUT2D eigenvalue weighted by Gasteiger charge is -2.00. The molecule has 1 aromatic heterocycles. The number of aliphatic hydroxyl groups is 1. The van der Waals surface area contributed by atoms with Crippen LogP contribution in [0.1, 0.15) is 12.5 Å². The van der Waals surface area contributed by atoms with E-state index >= 15 is 0 Å². The molecule has 1 N–H and O–H groups in total. The summed E-state index contributed by atoms with van der Waals surface area (Å²) in [5, 5.41) is 9.84. The molecule has 0 radical (unpaired) electrons. The summed E-state index contributed by atoms with van der Waals surface area (Å²) in [7, 11) is 0. The second-order valence-corrected chi connectivity index (χ2v) is 3.55. The van der Waals surface area contributed by atoms with Gasteiger partial charge < -0.3 is 9.67 Å². The van der Waals surface area contributed by atoms with Crippen LogP contribution in [-0.2, 0) is 13.0 Å². The number of benzene rings is 1. The van der Waals surface area contributed by atoms with Gasteiger partial charge in [-0.1, -0.05) is 12.1 Å². The molecule has 0 amide bonds. The van der Waals surface area contributed by atoms with Crippen LogP contribution >= 0.6 is 0 Å². The van der Waals surface area contributed by atoms with Gasteiger partial charge in [0.25, 0.3) is 0 Å². The Balaban J connectivity index is 2.69. The molecule has 0 unspecified atom stereocenters. The Morgan fingerprint density at radius 1 is 1.40 bits per heavy atom. The monoisotopic (exact) mass is 207 g/mol. The number of fused-ring (bicyclic) bond motifs is 1. The van der Waals surface area contributed by atoms with E-state index in [1.165, 1.54) is 6.07 Å². The summed E-state index contributed by atoms with van der Waals surface area (Å²) in [6.45, 7) is 2.82. The van der Waals surface area contributed by atoms with Crippen molar-refractivity contribution in [3.05, 3.63) is 35.8 Å². The van der Waals surface area contributed by atoms with E-state index in [-0.39, 0.29) is 12.4 Å². The first-order valence-corrected chi connectivity index (χ1v) is 5.15. The Hall–Kier alpha value is -1.35. The van der Waals surface area contributed by atoms with Gasteiger partial charge in [-0.15, -0.1) is 0 Å². The zero-order chi connectivity index (χ0) is 10.8. The summed E-state index contributed by atoms with van der Waals surface area (Å²) in [6, 6.07) is 5.07. The van der Waals surface area contributed by atoms with E-state index in [1.807, 2.05) is 23.8 Å². The van der Waals surface area contributed by atoms with Crippen LogP contribution < -0.4 is 0 Å².